The van der Waals surface area contributed by atoms with E-state index >= 15 is 0 Å². The molecule has 1 fully saturated rings. The summed E-state index contributed by atoms with van der Waals surface area (Å²) in [5.41, 5.74) is 2.60. The molecular formula is C17H16N2O3. The minimum absolute atomic E-state index is 0.0362. The Morgan fingerprint density at radius 1 is 1.27 bits per heavy atom. The maximum Gasteiger partial charge on any atom is 0.262 e. The van der Waals surface area contributed by atoms with Crippen LogP contribution < -0.4 is 5.32 Å². The van der Waals surface area contributed by atoms with Crippen molar-refractivity contribution in [1.29, 1.82) is 0 Å². The summed E-state index contributed by atoms with van der Waals surface area (Å²) < 4.78 is 0. The number of hydrogen-bond acceptors (Lipinski definition) is 3. The first-order valence-electron chi connectivity index (χ1n) is 7.29. The van der Waals surface area contributed by atoms with E-state index in [0.29, 0.717) is 36.2 Å². The zero-order chi connectivity index (χ0) is 15.7. The Balaban J connectivity index is 1.82. The molecule has 22 heavy (non-hydrogen) atoms. The summed E-state index contributed by atoms with van der Waals surface area (Å²) in [6, 6.07) is 7.32. The molecule has 112 valence electrons. The van der Waals surface area contributed by atoms with Gasteiger partial charge in [0.15, 0.2) is 5.78 Å². The smallest absolute Gasteiger partial charge is 0.262 e. The molecule has 1 aromatic carbocycles. The molecule has 1 saturated carbocycles. The maximum atomic E-state index is 12.3. The lowest BCUT2D eigenvalue weighted by Gasteiger charge is -2.22. The highest BCUT2D eigenvalue weighted by Gasteiger charge is 2.33. The fraction of sp³-hybridized carbons (Fsp3) is 0.294. The number of anilines is 1. The first kappa shape index (κ1) is 14.4. The van der Waals surface area contributed by atoms with Gasteiger partial charge in [-0.3, -0.25) is 14.4 Å². The molecule has 1 N–H and O–H groups in total. The second-order valence-corrected chi connectivity index (χ2v) is 5.59. The first-order chi connectivity index (χ1) is 10.5. The van der Waals surface area contributed by atoms with Gasteiger partial charge in [-0.1, -0.05) is 18.2 Å². The van der Waals surface area contributed by atoms with Crippen LogP contribution in [-0.4, -0.2) is 23.3 Å². The van der Waals surface area contributed by atoms with Crippen LogP contribution in [0, 0.1) is 12.8 Å². The molecule has 0 radical (unpaired) electrons. The molecule has 1 heterocycles. The predicted molar refractivity (Wildman–Crippen MR) is 82.7 cm³/mol. The predicted octanol–water partition coefficient (Wildman–Crippen LogP) is 2.21. The van der Waals surface area contributed by atoms with Crippen molar-refractivity contribution in [2.24, 2.45) is 10.9 Å². The summed E-state index contributed by atoms with van der Waals surface area (Å²) in [6.45, 7) is 1.92. The number of carbonyl (C=O) groups excluding carboxylic acids is 3. The van der Waals surface area contributed by atoms with E-state index in [1.54, 1.807) is 6.07 Å². The second-order valence-electron chi connectivity index (χ2n) is 5.59. The lowest BCUT2D eigenvalue weighted by atomic mass is 9.86. The highest BCUT2D eigenvalue weighted by atomic mass is 16.2. The van der Waals surface area contributed by atoms with Crippen molar-refractivity contribution in [3.05, 3.63) is 41.5 Å². The molecule has 1 aliphatic heterocycles. The van der Waals surface area contributed by atoms with E-state index in [-0.39, 0.29) is 5.78 Å². The Morgan fingerprint density at radius 2 is 2.09 bits per heavy atom. The van der Waals surface area contributed by atoms with Crippen LogP contribution >= 0.6 is 0 Å². The largest absolute Gasteiger partial charge is 0.325 e. The zero-order valence-electron chi connectivity index (χ0n) is 12.3. The van der Waals surface area contributed by atoms with Crippen molar-refractivity contribution in [1.82, 2.24) is 0 Å². The van der Waals surface area contributed by atoms with E-state index in [2.05, 4.69) is 10.3 Å². The number of fused-ring (bicyclic) bond motifs is 1. The topological polar surface area (TPSA) is 75.6 Å². The number of amides is 2. The average Bonchev–Trinajstić information content (AvgIpc) is 2.46. The molecule has 5 nitrogen and oxygen atoms in total. The number of dihydropyridines is 1. The molecular weight excluding hydrogens is 280 g/mol. The van der Waals surface area contributed by atoms with Gasteiger partial charge in [-0.25, -0.2) is 4.99 Å². The van der Waals surface area contributed by atoms with Crippen LogP contribution in [-0.2, 0) is 14.4 Å². The number of Topliss-reactive ketones (excluding diaryl/α,β-unsaturated/α-hetero) is 1. The van der Waals surface area contributed by atoms with Gasteiger partial charge in [0.1, 0.15) is 5.92 Å². The van der Waals surface area contributed by atoms with Crippen molar-refractivity contribution >= 4 is 29.0 Å². The maximum absolute atomic E-state index is 12.3. The van der Waals surface area contributed by atoms with Crippen LogP contribution in [0.1, 0.15) is 24.8 Å². The Bertz CT molecular complexity index is 731. The van der Waals surface area contributed by atoms with Crippen LogP contribution in [0.4, 0.5) is 5.69 Å². The van der Waals surface area contributed by atoms with Crippen molar-refractivity contribution in [2.75, 3.05) is 5.32 Å². The first-order valence-corrected chi connectivity index (χ1v) is 7.29. The fourth-order valence-electron chi connectivity index (χ4n) is 2.72. The number of allylic oxidation sites excluding steroid dienone is 1. The highest BCUT2D eigenvalue weighted by Crippen LogP contribution is 2.25. The Hall–Kier alpha value is -2.56. The van der Waals surface area contributed by atoms with E-state index in [4.69, 9.17) is 0 Å². The molecule has 2 aliphatic rings. The number of benzene rings is 1. The Morgan fingerprint density at radius 3 is 2.86 bits per heavy atom. The van der Waals surface area contributed by atoms with Crippen molar-refractivity contribution in [3.63, 3.8) is 0 Å². The number of nitrogens with zero attached hydrogens (tertiary/aromatic N) is 1. The number of rotatable bonds is 2. The number of aryl methyl sites for hydroxylation is 1. The molecule has 1 aliphatic carbocycles. The minimum atomic E-state index is -1.03. The van der Waals surface area contributed by atoms with E-state index in [0.717, 1.165) is 5.56 Å². The number of hydrogen-bond donors (Lipinski definition) is 1. The van der Waals surface area contributed by atoms with E-state index in [9.17, 15) is 14.4 Å². The van der Waals surface area contributed by atoms with Gasteiger partial charge in [0.25, 0.3) is 5.91 Å². The van der Waals surface area contributed by atoms with E-state index in [1.807, 2.05) is 25.1 Å². The van der Waals surface area contributed by atoms with Gasteiger partial charge in [-0.05, 0) is 37.5 Å². The summed E-state index contributed by atoms with van der Waals surface area (Å²) in [5.74, 6) is -2.02. The molecule has 1 aromatic rings. The van der Waals surface area contributed by atoms with Gasteiger partial charge in [0.05, 0.1) is 5.71 Å². The van der Waals surface area contributed by atoms with Crippen LogP contribution in [0.15, 0.2) is 40.9 Å². The third-order valence-electron chi connectivity index (χ3n) is 3.84. The third-order valence-corrected chi connectivity index (χ3v) is 3.84. The zero-order valence-corrected chi connectivity index (χ0v) is 12.3. The van der Waals surface area contributed by atoms with Crippen LogP contribution in [0.5, 0.6) is 0 Å². The molecule has 0 bridgehead atoms. The number of nitrogens with one attached hydrogen (secondary N) is 1. The monoisotopic (exact) mass is 296 g/mol. The number of carbonyl (C=O) groups is 3. The molecule has 1 atom stereocenters. The SMILES string of the molecule is Cc1cccc(NC(=O)C2C=C3C(=O)CCCC3=NC2=O)c1. The van der Waals surface area contributed by atoms with Gasteiger partial charge >= 0.3 is 0 Å². The summed E-state index contributed by atoms with van der Waals surface area (Å²) >= 11 is 0. The summed E-state index contributed by atoms with van der Waals surface area (Å²) in [4.78, 5) is 40.2. The highest BCUT2D eigenvalue weighted by molar-refractivity contribution is 6.29. The second kappa shape index (κ2) is 5.67. The summed E-state index contributed by atoms with van der Waals surface area (Å²) in [7, 11) is 0. The average molecular weight is 296 g/mol. The normalized spacial score (nSPS) is 20.9. The van der Waals surface area contributed by atoms with Crippen LogP contribution in [0.2, 0.25) is 0 Å². The quantitative estimate of drug-likeness (QED) is 0.850. The van der Waals surface area contributed by atoms with Gasteiger partial charge in [-0.15, -0.1) is 0 Å². The van der Waals surface area contributed by atoms with Crippen molar-refractivity contribution in [3.8, 4) is 0 Å². The van der Waals surface area contributed by atoms with Crippen molar-refractivity contribution in [2.45, 2.75) is 26.2 Å². The standard InChI is InChI=1S/C17H16N2O3/c1-10-4-2-5-11(8-10)18-16(21)13-9-12-14(19-17(13)22)6-3-7-15(12)20/h2,4-5,8-9,13H,3,6-7H2,1H3,(H,18,21). The molecule has 0 aromatic heterocycles. The van der Waals surface area contributed by atoms with E-state index < -0.39 is 17.7 Å². The summed E-state index contributed by atoms with van der Waals surface area (Å²) in [5, 5.41) is 2.71. The van der Waals surface area contributed by atoms with Gasteiger partial charge < -0.3 is 5.32 Å². The van der Waals surface area contributed by atoms with Gasteiger partial charge in [0.2, 0.25) is 5.91 Å². The molecule has 3 rings (SSSR count). The molecule has 1 unspecified atom stereocenters. The lowest BCUT2D eigenvalue weighted by Crippen LogP contribution is -2.34. The molecule has 5 heteroatoms. The van der Waals surface area contributed by atoms with Crippen molar-refractivity contribution < 1.29 is 14.4 Å². The minimum Gasteiger partial charge on any atom is -0.325 e. The Labute approximate surface area is 128 Å². The molecule has 0 spiro atoms. The Kier molecular flexibility index (Phi) is 3.71. The molecule has 2 amide bonds. The van der Waals surface area contributed by atoms with E-state index in [1.165, 1.54) is 6.08 Å². The lowest BCUT2D eigenvalue weighted by molar-refractivity contribution is -0.128. The van der Waals surface area contributed by atoms with Gasteiger partial charge in [0, 0.05) is 17.7 Å². The van der Waals surface area contributed by atoms with Crippen LogP contribution in [0.3, 0.4) is 0 Å². The summed E-state index contributed by atoms with van der Waals surface area (Å²) in [6.07, 6.45) is 3.25. The molecule has 0 saturated heterocycles. The number of aliphatic imine (C=N–C) groups is 1. The number of ketones is 1. The van der Waals surface area contributed by atoms with Crippen LogP contribution in [0.25, 0.3) is 0 Å². The fourth-order valence-corrected chi connectivity index (χ4v) is 2.72. The third kappa shape index (κ3) is 2.74. The van der Waals surface area contributed by atoms with Gasteiger partial charge in [-0.2, -0.15) is 0 Å².